The van der Waals surface area contributed by atoms with Crippen LogP contribution in [0.4, 0.5) is 0 Å². The van der Waals surface area contributed by atoms with E-state index >= 15 is 0 Å². The number of hydrogen-bond acceptors (Lipinski definition) is 3. The molecular formula is C12H11NOS. The summed E-state index contributed by atoms with van der Waals surface area (Å²) in [7, 11) is 0. The Morgan fingerprint density at radius 3 is 2.73 bits per heavy atom. The van der Waals surface area contributed by atoms with Gasteiger partial charge in [-0.25, -0.2) is 4.98 Å². The Kier molecular flexibility index (Phi) is 2.92. The zero-order valence-electron chi connectivity index (χ0n) is 8.43. The van der Waals surface area contributed by atoms with Gasteiger partial charge in [-0.15, -0.1) is 11.3 Å². The molecule has 0 fully saturated rings. The van der Waals surface area contributed by atoms with Gasteiger partial charge in [0.2, 0.25) is 0 Å². The molecule has 3 heteroatoms. The van der Waals surface area contributed by atoms with Gasteiger partial charge in [-0.1, -0.05) is 37.3 Å². The van der Waals surface area contributed by atoms with E-state index in [-0.39, 0.29) is 5.78 Å². The van der Waals surface area contributed by atoms with Gasteiger partial charge in [0, 0.05) is 17.4 Å². The van der Waals surface area contributed by atoms with Crippen LogP contribution in [-0.2, 0) is 0 Å². The van der Waals surface area contributed by atoms with Gasteiger partial charge in [0.05, 0.1) is 5.69 Å². The second-order valence-corrected chi connectivity index (χ2v) is 4.04. The Morgan fingerprint density at radius 1 is 1.33 bits per heavy atom. The van der Waals surface area contributed by atoms with E-state index in [0.717, 1.165) is 11.3 Å². The van der Waals surface area contributed by atoms with Gasteiger partial charge in [-0.3, -0.25) is 4.79 Å². The van der Waals surface area contributed by atoms with Crippen molar-refractivity contribution in [2.45, 2.75) is 13.3 Å². The van der Waals surface area contributed by atoms with Crippen LogP contribution < -0.4 is 0 Å². The number of benzene rings is 1. The number of carbonyl (C=O) groups excluding carboxylic acids is 1. The van der Waals surface area contributed by atoms with Crippen LogP contribution in [-0.4, -0.2) is 10.8 Å². The molecule has 0 N–H and O–H groups in total. The van der Waals surface area contributed by atoms with Crippen molar-refractivity contribution >= 4 is 17.1 Å². The van der Waals surface area contributed by atoms with Crippen molar-refractivity contribution < 1.29 is 4.79 Å². The fourth-order valence-corrected chi connectivity index (χ4v) is 2.13. The third-order valence-electron chi connectivity index (χ3n) is 2.13. The molecule has 1 aromatic carbocycles. The van der Waals surface area contributed by atoms with Crippen LogP contribution in [0.1, 0.15) is 23.1 Å². The summed E-state index contributed by atoms with van der Waals surface area (Å²) >= 11 is 1.42. The fraction of sp³-hybridized carbons (Fsp3) is 0.167. The summed E-state index contributed by atoms with van der Waals surface area (Å²) in [5, 5.41) is 2.54. The molecule has 2 rings (SSSR count). The molecule has 0 saturated carbocycles. The number of ketones is 1. The van der Waals surface area contributed by atoms with Crippen LogP contribution in [0.2, 0.25) is 0 Å². The highest BCUT2D eigenvalue weighted by Crippen LogP contribution is 2.22. The molecule has 1 aromatic heterocycles. The maximum Gasteiger partial charge on any atom is 0.191 e. The average Bonchev–Trinajstić information content (AvgIpc) is 2.78. The first-order valence-corrected chi connectivity index (χ1v) is 5.73. The Morgan fingerprint density at radius 2 is 2.07 bits per heavy atom. The second kappa shape index (κ2) is 4.36. The van der Waals surface area contributed by atoms with Gasteiger partial charge in [0.1, 0.15) is 0 Å². The van der Waals surface area contributed by atoms with E-state index in [1.165, 1.54) is 11.3 Å². The van der Waals surface area contributed by atoms with E-state index in [4.69, 9.17) is 0 Å². The lowest BCUT2D eigenvalue weighted by atomic mass is 10.2. The minimum absolute atomic E-state index is 0.113. The predicted molar refractivity (Wildman–Crippen MR) is 62.2 cm³/mol. The summed E-state index contributed by atoms with van der Waals surface area (Å²) in [6.07, 6.45) is 0.516. The Balaban J connectivity index is 2.32. The number of hydrogen-bond donors (Lipinski definition) is 0. The Labute approximate surface area is 92.6 Å². The molecule has 2 aromatic rings. The summed E-state index contributed by atoms with van der Waals surface area (Å²) in [6, 6.07) is 9.89. The third-order valence-corrected chi connectivity index (χ3v) is 3.02. The number of rotatable bonds is 3. The molecule has 0 radical (unpaired) electrons. The van der Waals surface area contributed by atoms with Crippen molar-refractivity contribution in [2.75, 3.05) is 0 Å². The molecule has 15 heavy (non-hydrogen) atoms. The van der Waals surface area contributed by atoms with Crippen LogP contribution in [0.15, 0.2) is 35.7 Å². The minimum Gasteiger partial charge on any atom is -0.292 e. The van der Waals surface area contributed by atoms with Crippen LogP contribution in [0.25, 0.3) is 11.3 Å². The molecule has 0 aliphatic heterocycles. The molecular weight excluding hydrogens is 206 g/mol. The smallest absolute Gasteiger partial charge is 0.191 e. The van der Waals surface area contributed by atoms with Crippen LogP contribution >= 0.6 is 11.3 Å². The topological polar surface area (TPSA) is 30.0 Å². The molecule has 0 amide bonds. The van der Waals surface area contributed by atoms with Crippen molar-refractivity contribution in [1.82, 2.24) is 4.98 Å². The van der Waals surface area contributed by atoms with Gasteiger partial charge in [0.25, 0.3) is 0 Å². The summed E-state index contributed by atoms with van der Waals surface area (Å²) in [6.45, 7) is 1.85. The Bertz CT molecular complexity index is 461. The van der Waals surface area contributed by atoms with Crippen molar-refractivity contribution in [3.05, 3.63) is 40.7 Å². The van der Waals surface area contributed by atoms with E-state index in [1.54, 1.807) is 0 Å². The summed E-state index contributed by atoms with van der Waals surface area (Å²) in [4.78, 5) is 15.7. The Hall–Kier alpha value is -1.48. The van der Waals surface area contributed by atoms with Crippen molar-refractivity contribution in [3.8, 4) is 11.3 Å². The number of Topliss-reactive ketones (excluding diaryl/α,β-unsaturated/α-hetero) is 1. The minimum atomic E-state index is 0.113. The molecule has 0 aliphatic carbocycles. The summed E-state index contributed by atoms with van der Waals surface area (Å²) in [5.41, 5.74) is 1.95. The summed E-state index contributed by atoms with van der Waals surface area (Å²) < 4.78 is 0. The molecule has 0 atom stereocenters. The van der Waals surface area contributed by atoms with Crippen molar-refractivity contribution in [2.24, 2.45) is 0 Å². The quantitative estimate of drug-likeness (QED) is 0.737. The van der Waals surface area contributed by atoms with Gasteiger partial charge in [0.15, 0.2) is 10.8 Å². The van der Waals surface area contributed by atoms with E-state index in [9.17, 15) is 4.79 Å². The molecule has 0 aliphatic rings. The molecule has 1 heterocycles. The zero-order chi connectivity index (χ0) is 10.7. The number of aromatic nitrogens is 1. The average molecular weight is 217 g/mol. The predicted octanol–water partition coefficient (Wildman–Crippen LogP) is 3.40. The number of thiazole rings is 1. The van der Waals surface area contributed by atoms with E-state index in [0.29, 0.717) is 11.4 Å². The van der Waals surface area contributed by atoms with Crippen LogP contribution in [0.5, 0.6) is 0 Å². The maximum atomic E-state index is 11.4. The number of carbonyl (C=O) groups is 1. The molecule has 0 bridgehead atoms. The highest BCUT2D eigenvalue weighted by Gasteiger charge is 2.09. The molecule has 0 saturated heterocycles. The van der Waals surface area contributed by atoms with Gasteiger partial charge >= 0.3 is 0 Å². The highest BCUT2D eigenvalue weighted by molar-refractivity contribution is 7.12. The fourth-order valence-electron chi connectivity index (χ4n) is 1.29. The zero-order valence-corrected chi connectivity index (χ0v) is 9.25. The van der Waals surface area contributed by atoms with Gasteiger partial charge in [-0.2, -0.15) is 0 Å². The molecule has 2 nitrogen and oxygen atoms in total. The second-order valence-electron chi connectivity index (χ2n) is 3.18. The monoisotopic (exact) mass is 217 g/mol. The van der Waals surface area contributed by atoms with Crippen LogP contribution in [0.3, 0.4) is 0 Å². The summed E-state index contributed by atoms with van der Waals surface area (Å²) in [5.74, 6) is 0.113. The molecule has 0 unspecified atom stereocenters. The number of nitrogens with zero attached hydrogens (tertiary/aromatic N) is 1. The first-order chi connectivity index (χ1) is 7.31. The molecule has 0 spiro atoms. The first-order valence-electron chi connectivity index (χ1n) is 4.85. The molecule has 76 valence electrons. The lowest BCUT2D eigenvalue weighted by Crippen LogP contribution is -1.94. The largest absolute Gasteiger partial charge is 0.292 e. The lowest BCUT2D eigenvalue weighted by molar-refractivity contribution is 0.0988. The maximum absolute atomic E-state index is 11.4. The highest BCUT2D eigenvalue weighted by atomic mass is 32.1. The van der Waals surface area contributed by atoms with E-state index in [2.05, 4.69) is 4.98 Å². The van der Waals surface area contributed by atoms with E-state index < -0.39 is 0 Å². The standard InChI is InChI=1S/C12H11NOS/c1-2-11(14)12-13-10(8-15-12)9-6-4-3-5-7-9/h3-8H,2H2,1H3. The lowest BCUT2D eigenvalue weighted by Gasteiger charge is -1.93. The first kappa shape index (κ1) is 10.1. The van der Waals surface area contributed by atoms with Crippen LogP contribution in [0, 0.1) is 0 Å². The normalized spacial score (nSPS) is 10.2. The van der Waals surface area contributed by atoms with Gasteiger partial charge in [-0.05, 0) is 0 Å². The van der Waals surface area contributed by atoms with E-state index in [1.807, 2.05) is 42.6 Å². The third kappa shape index (κ3) is 2.13. The van der Waals surface area contributed by atoms with Crippen molar-refractivity contribution in [1.29, 1.82) is 0 Å². The SMILES string of the molecule is CCC(=O)c1nc(-c2ccccc2)cs1. The van der Waals surface area contributed by atoms with Crippen molar-refractivity contribution in [3.63, 3.8) is 0 Å². The van der Waals surface area contributed by atoms with Gasteiger partial charge < -0.3 is 0 Å².